The minimum absolute atomic E-state index is 0.0286. The van der Waals surface area contributed by atoms with Gasteiger partial charge in [0.2, 0.25) is 0 Å². The number of nitrogens with zero attached hydrogens (tertiary/aromatic N) is 2. The summed E-state index contributed by atoms with van der Waals surface area (Å²) in [5.41, 5.74) is 0.0286. The second-order valence-electron chi connectivity index (χ2n) is 8.04. The molecule has 2 saturated heterocycles. The third-order valence-electron chi connectivity index (χ3n) is 5.02. The van der Waals surface area contributed by atoms with Crippen molar-refractivity contribution in [1.82, 2.24) is 15.1 Å². The largest absolute Gasteiger partial charge is 0.480 e. The molecule has 2 fully saturated rings. The highest BCUT2D eigenvalue weighted by Crippen LogP contribution is 2.36. The van der Waals surface area contributed by atoms with Crippen molar-refractivity contribution in [1.29, 1.82) is 0 Å². The molecule has 0 aromatic rings. The normalized spacial score (nSPS) is 26.2. The van der Waals surface area contributed by atoms with Crippen molar-refractivity contribution in [3.63, 3.8) is 0 Å². The predicted molar refractivity (Wildman–Crippen MR) is 91.2 cm³/mol. The highest BCUT2D eigenvalue weighted by molar-refractivity contribution is 5.81. The van der Waals surface area contributed by atoms with Crippen LogP contribution < -0.4 is 5.32 Å². The van der Waals surface area contributed by atoms with E-state index in [2.05, 4.69) is 26.1 Å². The zero-order valence-electron chi connectivity index (χ0n) is 15.4. The summed E-state index contributed by atoms with van der Waals surface area (Å²) < 4.78 is 5.36. The number of carbonyl (C=O) groups excluding carboxylic acids is 2. The van der Waals surface area contributed by atoms with Gasteiger partial charge < -0.3 is 20.1 Å². The number of amides is 3. The van der Waals surface area contributed by atoms with Crippen LogP contribution in [-0.4, -0.2) is 71.8 Å². The first-order chi connectivity index (χ1) is 11.6. The van der Waals surface area contributed by atoms with Crippen LogP contribution in [0.15, 0.2) is 0 Å². The summed E-state index contributed by atoms with van der Waals surface area (Å²) in [6.45, 7) is 7.31. The molecule has 25 heavy (non-hydrogen) atoms. The van der Waals surface area contributed by atoms with Crippen LogP contribution in [0, 0.1) is 11.3 Å². The quantitative estimate of drug-likeness (QED) is 0.803. The number of aliphatic carboxylic acids is 1. The topological polar surface area (TPSA) is 99.2 Å². The van der Waals surface area contributed by atoms with E-state index in [1.165, 1.54) is 4.90 Å². The van der Waals surface area contributed by atoms with Gasteiger partial charge in [-0.2, -0.15) is 0 Å². The van der Waals surface area contributed by atoms with Gasteiger partial charge in [-0.15, -0.1) is 0 Å². The Morgan fingerprint density at radius 3 is 2.52 bits per heavy atom. The van der Waals surface area contributed by atoms with Gasteiger partial charge in [-0.1, -0.05) is 20.8 Å². The highest BCUT2D eigenvalue weighted by Gasteiger charge is 2.50. The molecular weight excluding hydrogens is 326 g/mol. The van der Waals surface area contributed by atoms with Crippen molar-refractivity contribution in [2.75, 3.05) is 26.7 Å². The van der Waals surface area contributed by atoms with Gasteiger partial charge in [0.15, 0.2) is 0 Å². The van der Waals surface area contributed by atoms with E-state index in [-0.39, 0.29) is 30.0 Å². The zero-order chi connectivity index (χ0) is 18.8. The molecule has 0 unspecified atom stereocenters. The standard InChI is InChI=1S/C17H29N3O5/c1-17(2,3)6-8-25-16(24)20-12(14(21)22)9-11-5-7-19(10-13(11)20)15(23)18-4/h11-13H,5-10H2,1-4H3,(H,18,23)(H,21,22)/t11-,12+,13-/m1/s1. The lowest BCUT2D eigenvalue weighted by molar-refractivity contribution is -0.142. The number of hydrogen-bond donors (Lipinski definition) is 2. The molecule has 3 amide bonds. The maximum atomic E-state index is 12.6. The number of carboxylic acid groups (broad SMARTS) is 1. The van der Waals surface area contributed by atoms with Crippen molar-refractivity contribution >= 4 is 18.1 Å². The number of likely N-dealkylation sites (tertiary alicyclic amines) is 2. The molecule has 2 heterocycles. The Hall–Kier alpha value is -1.99. The number of ether oxygens (including phenoxy) is 1. The Balaban J connectivity index is 2.09. The average molecular weight is 355 g/mol. The SMILES string of the molecule is CNC(=O)N1CC[C@@H]2C[C@@H](C(=O)O)N(C(=O)OCCC(C)(C)C)[C@@H]2C1. The van der Waals surface area contributed by atoms with Crippen molar-refractivity contribution < 1.29 is 24.2 Å². The lowest BCUT2D eigenvalue weighted by Crippen LogP contribution is -2.55. The fourth-order valence-corrected chi connectivity index (χ4v) is 3.55. The molecule has 3 atom stereocenters. The fourth-order valence-electron chi connectivity index (χ4n) is 3.55. The second kappa shape index (κ2) is 7.49. The van der Waals surface area contributed by atoms with Gasteiger partial charge in [0.05, 0.1) is 12.6 Å². The van der Waals surface area contributed by atoms with Crippen LogP contribution in [0.5, 0.6) is 0 Å². The summed E-state index contributed by atoms with van der Waals surface area (Å²) >= 11 is 0. The molecule has 0 aliphatic carbocycles. The number of urea groups is 1. The van der Waals surface area contributed by atoms with Gasteiger partial charge in [-0.05, 0) is 30.6 Å². The monoisotopic (exact) mass is 355 g/mol. The number of piperidine rings is 1. The molecule has 0 radical (unpaired) electrons. The van der Waals surface area contributed by atoms with Gasteiger partial charge in [0.1, 0.15) is 6.04 Å². The summed E-state index contributed by atoms with van der Waals surface area (Å²) in [6, 6.07) is -1.41. The van der Waals surface area contributed by atoms with Gasteiger partial charge in [-0.25, -0.2) is 14.4 Å². The summed E-state index contributed by atoms with van der Waals surface area (Å²) in [6.07, 6.45) is 1.20. The van der Waals surface area contributed by atoms with E-state index < -0.39 is 18.1 Å². The lowest BCUT2D eigenvalue weighted by atomic mass is 9.91. The molecule has 0 saturated carbocycles. The Morgan fingerprint density at radius 2 is 1.96 bits per heavy atom. The minimum atomic E-state index is -1.02. The maximum absolute atomic E-state index is 12.6. The van der Waals surface area contributed by atoms with Crippen LogP contribution in [0.2, 0.25) is 0 Å². The maximum Gasteiger partial charge on any atom is 0.410 e. The molecule has 142 valence electrons. The van der Waals surface area contributed by atoms with Crippen molar-refractivity contribution in [3.05, 3.63) is 0 Å². The Labute approximate surface area is 148 Å². The predicted octanol–water partition coefficient (Wildman–Crippen LogP) is 1.75. The van der Waals surface area contributed by atoms with E-state index >= 15 is 0 Å². The van der Waals surface area contributed by atoms with E-state index in [9.17, 15) is 19.5 Å². The van der Waals surface area contributed by atoms with E-state index in [4.69, 9.17) is 4.74 Å². The summed E-state index contributed by atoms with van der Waals surface area (Å²) in [5, 5.41) is 12.1. The van der Waals surface area contributed by atoms with Crippen LogP contribution in [0.4, 0.5) is 9.59 Å². The first-order valence-corrected chi connectivity index (χ1v) is 8.78. The molecule has 2 rings (SSSR count). The molecule has 8 heteroatoms. The van der Waals surface area contributed by atoms with Crippen molar-refractivity contribution in [2.45, 2.75) is 52.1 Å². The Bertz CT molecular complexity index is 531. The van der Waals surface area contributed by atoms with Crippen LogP contribution in [0.1, 0.15) is 40.0 Å². The number of carbonyl (C=O) groups is 3. The number of nitrogens with one attached hydrogen (secondary N) is 1. The molecule has 2 aliphatic heterocycles. The number of fused-ring (bicyclic) bond motifs is 1. The van der Waals surface area contributed by atoms with E-state index in [0.29, 0.717) is 32.4 Å². The smallest absolute Gasteiger partial charge is 0.410 e. The average Bonchev–Trinajstić information content (AvgIpc) is 2.91. The third-order valence-corrected chi connectivity index (χ3v) is 5.02. The summed E-state index contributed by atoms with van der Waals surface area (Å²) in [7, 11) is 1.56. The molecule has 2 aliphatic rings. The Kier molecular flexibility index (Phi) is 5.80. The second-order valence-corrected chi connectivity index (χ2v) is 8.04. The number of rotatable bonds is 3. The van der Waals surface area contributed by atoms with Gasteiger partial charge in [0.25, 0.3) is 0 Å². The molecular formula is C17H29N3O5. The number of carboxylic acids is 1. The van der Waals surface area contributed by atoms with Crippen molar-refractivity contribution in [3.8, 4) is 0 Å². The molecule has 8 nitrogen and oxygen atoms in total. The van der Waals surface area contributed by atoms with Crippen LogP contribution in [0.25, 0.3) is 0 Å². The van der Waals surface area contributed by atoms with Crippen LogP contribution in [-0.2, 0) is 9.53 Å². The fraction of sp³-hybridized carbons (Fsp3) is 0.824. The molecule has 0 aromatic carbocycles. The van der Waals surface area contributed by atoms with Crippen LogP contribution >= 0.6 is 0 Å². The first kappa shape index (κ1) is 19.3. The van der Waals surface area contributed by atoms with Crippen molar-refractivity contribution in [2.24, 2.45) is 11.3 Å². The van der Waals surface area contributed by atoms with Crippen LogP contribution in [0.3, 0.4) is 0 Å². The van der Waals surface area contributed by atoms with E-state index in [0.717, 1.165) is 0 Å². The van der Waals surface area contributed by atoms with Gasteiger partial charge in [-0.3, -0.25) is 4.90 Å². The molecule has 2 N–H and O–H groups in total. The zero-order valence-corrected chi connectivity index (χ0v) is 15.4. The van der Waals surface area contributed by atoms with E-state index in [1.807, 2.05) is 0 Å². The highest BCUT2D eigenvalue weighted by atomic mass is 16.6. The first-order valence-electron chi connectivity index (χ1n) is 8.78. The minimum Gasteiger partial charge on any atom is -0.480 e. The molecule has 0 aromatic heterocycles. The van der Waals surface area contributed by atoms with Gasteiger partial charge >= 0.3 is 18.1 Å². The molecule has 0 bridgehead atoms. The third kappa shape index (κ3) is 4.55. The Morgan fingerprint density at radius 1 is 1.28 bits per heavy atom. The number of hydrogen-bond acceptors (Lipinski definition) is 4. The summed E-state index contributed by atoms with van der Waals surface area (Å²) in [5.74, 6) is -0.939. The lowest BCUT2D eigenvalue weighted by Gasteiger charge is -2.38. The van der Waals surface area contributed by atoms with Gasteiger partial charge in [0, 0.05) is 20.1 Å². The van der Waals surface area contributed by atoms with E-state index in [1.54, 1.807) is 11.9 Å². The summed E-state index contributed by atoms with van der Waals surface area (Å²) in [4.78, 5) is 39.0. The molecule has 0 spiro atoms.